The number of ether oxygens (including phenoxy) is 2. The van der Waals surface area contributed by atoms with Crippen molar-refractivity contribution in [3.8, 4) is 0 Å². The Balaban J connectivity index is 2.87. The Hall–Kier alpha value is -3.64. The van der Waals surface area contributed by atoms with E-state index in [9.17, 15) is 28.8 Å². The summed E-state index contributed by atoms with van der Waals surface area (Å²) in [4.78, 5) is 72.9. The highest BCUT2D eigenvalue weighted by molar-refractivity contribution is 6.15. The summed E-state index contributed by atoms with van der Waals surface area (Å²) < 4.78 is 9.12. The van der Waals surface area contributed by atoms with Gasteiger partial charge in [0.25, 0.3) is 11.8 Å². The lowest BCUT2D eigenvalue weighted by Gasteiger charge is -2.29. The maximum atomic E-state index is 12.8. The standard InChI is InChI=1S/C19H29N5O8/c1-6-7-12(22-18(29)31-4)15(23-19(30)32-5)17(28)21-11(3)20-16(27)10(2)24-13(25)8-9-14(24)26/h8-12,15H,6-7H2,1-5H3,(H,20,27)(H,21,28)(H,22,29)(H,23,30). The van der Waals surface area contributed by atoms with E-state index in [1.165, 1.54) is 13.8 Å². The molecule has 32 heavy (non-hydrogen) atoms. The molecule has 0 saturated heterocycles. The van der Waals surface area contributed by atoms with E-state index in [1.807, 2.05) is 6.92 Å². The van der Waals surface area contributed by atoms with Crippen LogP contribution in [0.15, 0.2) is 12.2 Å². The third-order valence-corrected chi connectivity index (χ3v) is 4.56. The number of hydrogen-bond acceptors (Lipinski definition) is 8. The van der Waals surface area contributed by atoms with E-state index in [2.05, 4.69) is 30.7 Å². The number of nitrogens with one attached hydrogen (secondary N) is 4. The summed E-state index contributed by atoms with van der Waals surface area (Å²) in [5, 5.41) is 9.82. The van der Waals surface area contributed by atoms with E-state index in [0.717, 1.165) is 31.3 Å². The molecule has 6 amide bonds. The third-order valence-electron chi connectivity index (χ3n) is 4.56. The summed E-state index contributed by atoms with van der Waals surface area (Å²) in [6, 6.07) is -3.19. The van der Waals surface area contributed by atoms with Gasteiger partial charge in [0, 0.05) is 12.2 Å². The number of imide groups is 1. The van der Waals surface area contributed by atoms with Crippen LogP contribution in [0.3, 0.4) is 0 Å². The van der Waals surface area contributed by atoms with Crippen molar-refractivity contribution in [1.82, 2.24) is 26.2 Å². The van der Waals surface area contributed by atoms with Gasteiger partial charge in [-0.2, -0.15) is 0 Å². The van der Waals surface area contributed by atoms with Crippen molar-refractivity contribution in [3.05, 3.63) is 12.2 Å². The molecule has 4 N–H and O–H groups in total. The normalized spacial score (nSPS) is 16.5. The first-order valence-corrected chi connectivity index (χ1v) is 9.90. The first-order chi connectivity index (χ1) is 15.0. The van der Waals surface area contributed by atoms with Crippen LogP contribution in [0.25, 0.3) is 0 Å². The number of amides is 6. The Bertz CT molecular complexity index is 766. The molecule has 0 aliphatic carbocycles. The van der Waals surface area contributed by atoms with Crippen molar-refractivity contribution in [2.75, 3.05) is 14.2 Å². The van der Waals surface area contributed by atoms with Gasteiger partial charge in [0.2, 0.25) is 11.8 Å². The molecule has 0 aromatic carbocycles. The van der Waals surface area contributed by atoms with E-state index < -0.39 is 60.1 Å². The highest BCUT2D eigenvalue weighted by atomic mass is 16.5. The number of nitrogens with zero attached hydrogens (tertiary/aromatic N) is 1. The predicted octanol–water partition coefficient (Wildman–Crippen LogP) is -0.872. The van der Waals surface area contributed by atoms with Gasteiger partial charge >= 0.3 is 12.2 Å². The molecule has 1 heterocycles. The highest BCUT2D eigenvalue weighted by Gasteiger charge is 2.35. The molecule has 1 aliphatic heterocycles. The number of hydrogen-bond donors (Lipinski definition) is 4. The SMILES string of the molecule is CCCC(NC(=O)OC)C(NC(=O)OC)C(=O)NC(C)NC(=O)C(C)N1C(=O)C=CC1=O. The van der Waals surface area contributed by atoms with Crippen LogP contribution in [0.5, 0.6) is 0 Å². The summed E-state index contributed by atoms with van der Waals surface area (Å²) in [5.41, 5.74) is 0. The fourth-order valence-electron chi connectivity index (χ4n) is 2.96. The van der Waals surface area contributed by atoms with Gasteiger partial charge in [0.15, 0.2) is 0 Å². The van der Waals surface area contributed by atoms with Crippen LogP contribution >= 0.6 is 0 Å². The quantitative estimate of drug-likeness (QED) is 0.243. The third kappa shape index (κ3) is 7.25. The van der Waals surface area contributed by atoms with Crippen molar-refractivity contribution in [2.45, 2.75) is 57.9 Å². The molecule has 0 fully saturated rings. The Labute approximate surface area is 185 Å². The largest absolute Gasteiger partial charge is 0.453 e. The van der Waals surface area contributed by atoms with E-state index in [-0.39, 0.29) is 0 Å². The van der Waals surface area contributed by atoms with Gasteiger partial charge in [-0.05, 0) is 20.3 Å². The van der Waals surface area contributed by atoms with Crippen LogP contribution in [-0.4, -0.2) is 79.2 Å². The molecule has 0 aromatic rings. The second-order valence-electron chi connectivity index (χ2n) is 6.94. The average molecular weight is 455 g/mol. The Morgan fingerprint density at radius 1 is 0.875 bits per heavy atom. The first kappa shape index (κ1) is 26.4. The number of alkyl carbamates (subject to hydrolysis) is 2. The minimum atomic E-state index is -1.25. The molecule has 1 aliphatic rings. The van der Waals surface area contributed by atoms with Crippen LogP contribution in [0.1, 0.15) is 33.6 Å². The van der Waals surface area contributed by atoms with Gasteiger partial charge in [-0.3, -0.25) is 24.1 Å². The van der Waals surface area contributed by atoms with Crippen LogP contribution in [0.2, 0.25) is 0 Å². The topological polar surface area (TPSA) is 172 Å². The molecule has 0 saturated carbocycles. The molecule has 4 unspecified atom stereocenters. The molecule has 4 atom stereocenters. The zero-order valence-corrected chi connectivity index (χ0v) is 18.6. The van der Waals surface area contributed by atoms with E-state index in [0.29, 0.717) is 12.8 Å². The van der Waals surface area contributed by atoms with Gasteiger partial charge in [0.05, 0.1) is 26.4 Å². The fourth-order valence-corrected chi connectivity index (χ4v) is 2.96. The second-order valence-corrected chi connectivity index (χ2v) is 6.94. The van der Waals surface area contributed by atoms with Gasteiger partial charge in [0.1, 0.15) is 12.1 Å². The Morgan fingerprint density at radius 2 is 1.38 bits per heavy atom. The number of carbonyl (C=O) groups is 6. The van der Waals surface area contributed by atoms with E-state index in [1.54, 1.807) is 0 Å². The second kappa shape index (κ2) is 12.3. The summed E-state index contributed by atoms with van der Waals surface area (Å²) in [7, 11) is 2.28. The van der Waals surface area contributed by atoms with Crippen molar-refractivity contribution in [1.29, 1.82) is 0 Å². The molecule has 0 radical (unpaired) electrons. The predicted molar refractivity (Wildman–Crippen MR) is 110 cm³/mol. The highest BCUT2D eigenvalue weighted by Crippen LogP contribution is 2.09. The van der Waals surface area contributed by atoms with Crippen molar-refractivity contribution < 1.29 is 38.2 Å². The first-order valence-electron chi connectivity index (χ1n) is 9.90. The molecular weight excluding hydrogens is 426 g/mol. The molecule has 13 nitrogen and oxygen atoms in total. The smallest absolute Gasteiger partial charge is 0.407 e. The number of carbonyl (C=O) groups excluding carboxylic acids is 6. The number of rotatable bonds is 10. The lowest BCUT2D eigenvalue weighted by atomic mass is 10.0. The van der Waals surface area contributed by atoms with Crippen LogP contribution in [0.4, 0.5) is 9.59 Å². The average Bonchev–Trinajstić information content (AvgIpc) is 3.08. The van der Waals surface area contributed by atoms with Crippen molar-refractivity contribution in [2.24, 2.45) is 0 Å². The zero-order chi connectivity index (χ0) is 24.4. The molecule has 178 valence electrons. The van der Waals surface area contributed by atoms with Gasteiger partial charge in [-0.25, -0.2) is 9.59 Å². The van der Waals surface area contributed by atoms with Crippen molar-refractivity contribution >= 4 is 35.8 Å². The molecule has 0 bridgehead atoms. The summed E-state index contributed by atoms with van der Waals surface area (Å²) in [6.45, 7) is 4.64. The van der Waals surface area contributed by atoms with Crippen LogP contribution in [-0.2, 0) is 28.7 Å². The van der Waals surface area contributed by atoms with Gasteiger partial charge in [-0.15, -0.1) is 0 Å². The van der Waals surface area contributed by atoms with Crippen molar-refractivity contribution in [3.63, 3.8) is 0 Å². The molecule has 0 spiro atoms. The van der Waals surface area contributed by atoms with Crippen LogP contribution < -0.4 is 21.3 Å². The van der Waals surface area contributed by atoms with Gasteiger partial charge in [-0.1, -0.05) is 13.3 Å². The van der Waals surface area contributed by atoms with Crippen LogP contribution in [0, 0.1) is 0 Å². The molecule has 13 heteroatoms. The lowest BCUT2D eigenvalue weighted by Crippen LogP contribution is -2.62. The minimum absolute atomic E-state index is 0.321. The summed E-state index contributed by atoms with van der Waals surface area (Å²) in [5.74, 6) is -2.64. The molecular formula is C19H29N5O8. The summed E-state index contributed by atoms with van der Waals surface area (Å²) in [6.07, 6.45) is 0.363. The number of methoxy groups -OCH3 is 2. The van der Waals surface area contributed by atoms with E-state index in [4.69, 9.17) is 0 Å². The molecule has 0 aromatic heterocycles. The lowest BCUT2D eigenvalue weighted by molar-refractivity contribution is -0.145. The maximum absolute atomic E-state index is 12.8. The maximum Gasteiger partial charge on any atom is 0.407 e. The summed E-state index contributed by atoms with van der Waals surface area (Å²) >= 11 is 0. The Kier molecular flexibility index (Phi) is 10.1. The zero-order valence-electron chi connectivity index (χ0n) is 18.6. The monoisotopic (exact) mass is 455 g/mol. The van der Waals surface area contributed by atoms with E-state index >= 15 is 0 Å². The molecule has 1 rings (SSSR count). The van der Waals surface area contributed by atoms with Gasteiger partial charge < -0.3 is 30.7 Å². The fraction of sp³-hybridized carbons (Fsp3) is 0.579. The minimum Gasteiger partial charge on any atom is -0.453 e. The Morgan fingerprint density at radius 3 is 1.88 bits per heavy atom.